The van der Waals surface area contributed by atoms with Crippen molar-refractivity contribution in [2.75, 3.05) is 16.8 Å². The molecule has 3 aromatic rings. The second kappa shape index (κ2) is 9.03. The minimum atomic E-state index is -0.172. The van der Waals surface area contributed by atoms with Crippen molar-refractivity contribution >= 4 is 63.7 Å². The van der Waals surface area contributed by atoms with Gasteiger partial charge in [0.25, 0.3) is 0 Å². The SMILES string of the molecule is O=C(/C=C/c1ccc2ccc(Cl)cc2n1)Nc1cccc(C2SCCCS2)c1. The standard InChI is InChI=1S/C22H19ClN2OS2/c23-17-7-5-15-6-8-18(24-20(15)14-17)9-10-21(26)25-19-4-1-3-16(13-19)22-27-11-2-12-28-22/h1,3-10,13-14,22H,2,11-12H2,(H,25,26)/b10-9+. The quantitative estimate of drug-likeness (QED) is 0.489. The van der Waals surface area contributed by atoms with E-state index in [4.69, 9.17) is 11.6 Å². The van der Waals surface area contributed by atoms with Crippen molar-refractivity contribution < 1.29 is 4.79 Å². The van der Waals surface area contributed by atoms with Crippen LogP contribution >= 0.6 is 35.1 Å². The van der Waals surface area contributed by atoms with Crippen LogP contribution in [0.2, 0.25) is 5.02 Å². The Kier molecular flexibility index (Phi) is 6.25. The first kappa shape index (κ1) is 19.4. The highest BCUT2D eigenvalue weighted by Crippen LogP contribution is 2.44. The predicted molar refractivity (Wildman–Crippen MR) is 123 cm³/mol. The number of thioether (sulfide) groups is 2. The normalized spacial score (nSPS) is 15.2. The van der Waals surface area contributed by atoms with Gasteiger partial charge in [0.15, 0.2) is 0 Å². The van der Waals surface area contributed by atoms with Gasteiger partial charge in [-0.15, -0.1) is 23.5 Å². The molecule has 2 heterocycles. The number of hydrogen-bond acceptors (Lipinski definition) is 4. The number of fused-ring (bicyclic) bond motifs is 1. The zero-order chi connectivity index (χ0) is 19.3. The summed E-state index contributed by atoms with van der Waals surface area (Å²) < 4.78 is 0.453. The zero-order valence-electron chi connectivity index (χ0n) is 15.1. The summed E-state index contributed by atoms with van der Waals surface area (Å²) in [5, 5.41) is 4.61. The van der Waals surface area contributed by atoms with E-state index in [9.17, 15) is 4.79 Å². The molecule has 1 saturated heterocycles. The average molecular weight is 427 g/mol. The second-order valence-corrected chi connectivity index (χ2v) is 9.61. The van der Waals surface area contributed by atoms with Gasteiger partial charge in [-0.25, -0.2) is 4.98 Å². The molecule has 1 N–H and O–H groups in total. The Morgan fingerprint density at radius 3 is 2.79 bits per heavy atom. The fraction of sp³-hybridized carbons (Fsp3) is 0.182. The number of rotatable bonds is 4. The Labute approximate surface area is 178 Å². The Morgan fingerprint density at radius 1 is 1.11 bits per heavy atom. The van der Waals surface area contributed by atoms with Crippen molar-refractivity contribution in [2.45, 2.75) is 11.0 Å². The molecule has 1 amide bonds. The molecule has 0 atom stereocenters. The fourth-order valence-corrected chi connectivity index (χ4v) is 6.03. The number of hydrogen-bond donors (Lipinski definition) is 1. The second-order valence-electron chi connectivity index (χ2n) is 6.45. The van der Waals surface area contributed by atoms with Crippen LogP contribution in [0, 0.1) is 0 Å². The van der Waals surface area contributed by atoms with Crippen LogP contribution in [0.15, 0.2) is 60.7 Å². The number of halogens is 1. The number of anilines is 1. The summed E-state index contributed by atoms with van der Waals surface area (Å²) in [5.74, 6) is 2.22. The lowest BCUT2D eigenvalue weighted by Crippen LogP contribution is -2.08. The first-order valence-electron chi connectivity index (χ1n) is 9.06. The lowest BCUT2D eigenvalue weighted by atomic mass is 10.2. The van der Waals surface area contributed by atoms with Crippen LogP contribution < -0.4 is 5.32 Å². The third kappa shape index (κ3) is 4.90. The lowest BCUT2D eigenvalue weighted by molar-refractivity contribution is -0.111. The summed E-state index contributed by atoms with van der Waals surface area (Å²) in [7, 11) is 0. The summed E-state index contributed by atoms with van der Waals surface area (Å²) in [5.41, 5.74) is 3.60. The van der Waals surface area contributed by atoms with Crippen LogP contribution in [0.1, 0.15) is 22.3 Å². The van der Waals surface area contributed by atoms with Gasteiger partial charge in [-0.3, -0.25) is 4.79 Å². The molecule has 142 valence electrons. The van der Waals surface area contributed by atoms with E-state index >= 15 is 0 Å². The van der Waals surface area contributed by atoms with Gasteiger partial charge in [0.1, 0.15) is 0 Å². The number of aromatic nitrogens is 1. The number of pyridine rings is 1. The van der Waals surface area contributed by atoms with Crippen molar-refractivity contribution in [3.8, 4) is 0 Å². The number of nitrogens with one attached hydrogen (secondary N) is 1. The van der Waals surface area contributed by atoms with Gasteiger partial charge in [0.05, 0.1) is 15.8 Å². The maximum Gasteiger partial charge on any atom is 0.248 e. The summed E-state index contributed by atoms with van der Waals surface area (Å²) in [6.07, 6.45) is 4.49. The van der Waals surface area contributed by atoms with Gasteiger partial charge >= 0.3 is 0 Å². The van der Waals surface area contributed by atoms with Gasteiger partial charge in [-0.2, -0.15) is 0 Å². The van der Waals surface area contributed by atoms with Crippen LogP contribution in [0.3, 0.4) is 0 Å². The predicted octanol–water partition coefficient (Wildman–Crippen LogP) is 6.41. The van der Waals surface area contributed by atoms with Crippen molar-refractivity contribution in [1.29, 1.82) is 0 Å². The lowest BCUT2D eigenvalue weighted by Gasteiger charge is -2.21. The highest BCUT2D eigenvalue weighted by molar-refractivity contribution is 8.16. The van der Waals surface area contributed by atoms with E-state index in [0.29, 0.717) is 15.3 Å². The van der Waals surface area contributed by atoms with E-state index in [1.54, 1.807) is 6.08 Å². The van der Waals surface area contributed by atoms with Crippen molar-refractivity contribution in [2.24, 2.45) is 0 Å². The molecule has 2 aromatic carbocycles. The fourth-order valence-electron chi connectivity index (χ4n) is 2.99. The molecule has 28 heavy (non-hydrogen) atoms. The van der Waals surface area contributed by atoms with Crippen LogP contribution in [-0.2, 0) is 4.79 Å². The number of amides is 1. The molecule has 0 radical (unpaired) electrons. The van der Waals surface area contributed by atoms with Crippen LogP contribution in [0.25, 0.3) is 17.0 Å². The first-order valence-corrected chi connectivity index (χ1v) is 11.5. The smallest absolute Gasteiger partial charge is 0.248 e. The molecule has 1 aliphatic heterocycles. The average Bonchev–Trinajstić information content (AvgIpc) is 2.73. The van der Waals surface area contributed by atoms with Crippen LogP contribution in [0.4, 0.5) is 5.69 Å². The molecule has 0 unspecified atom stereocenters. The summed E-state index contributed by atoms with van der Waals surface area (Å²) in [6, 6.07) is 17.6. The molecule has 6 heteroatoms. The number of nitrogens with zero attached hydrogens (tertiary/aromatic N) is 1. The molecular formula is C22H19ClN2OS2. The van der Waals surface area contributed by atoms with E-state index < -0.39 is 0 Å². The van der Waals surface area contributed by atoms with Crippen LogP contribution in [0.5, 0.6) is 0 Å². The van der Waals surface area contributed by atoms with E-state index in [0.717, 1.165) is 16.6 Å². The molecular weight excluding hydrogens is 408 g/mol. The highest BCUT2D eigenvalue weighted by Gasteiger charge is 2.16. The highest BCUT2D eigenvalue weighted by atomic mass is 35.5. The zero-order valence-corrected chi connectivity index (χ0v) is 17.5. The molecule has 4 rings (SSSR count). The van der Waals surface area contributed by atoms with Crippen molar-refractivity contribution in [3.05, 3.63) is 77.0 Å². The van der Waals surface area contributed by atoms with E-state index in [1.165, 1.54) is 29.6 Å². The molecule has 0 saturated carbocycles. The summed E-state index contributed by atoms with van der Waals surface area (Å²) in [4.78, 5) is 16.9. The van der Waals surface area contributed by atoms with E-state index in [2.05, 4.69) is 22.4 Å². The molecule has 0 aliphatic carbocycles. The molecule has 1 fully saturated rings. The van der Waals surface area contributed by atoms with Gasteiger partial charge in [0.2, 0.25) is 5.91 Å². The van der Waals surface area contributed by atoms with Gasteiger partial charge < -0.3 is 5.32 Å². The topological polar surface area (TPSA) is 42.0 Å². The molecule has 3 nitrogen and oxygen atoms in total. The number of carbonyl (C=O) groups is 1. The van der Waals surface area contributed by atoms with E-state index in [1.807, 2.05) is 66.0 Å². The largest absolute Gasteiger partial charge is 0.323 e. The Hall–Kier alpha value is -1.95. The first-order chi connectivity index (χ1) is 13.7. The van der Waals surface area contributed by atoms with Gasteiger partial charge in [-0.1, -0.05) is 35.9 Å². The maximum atomic E-state index is 12.3. The molecule has 0 spiro atoms. The number of benzene rings is 2. The van der Waals surface area contributed by atoms with Crippen molar-refractivity contribution in [1.82, 2.24) is 4.98 Å². The summed E-state index contributed by atoms with van der Waals surface area (Å²) >= 11 is 9.98. The Morgan fingerprint density at radius 2 is 1.93 bits per heavy atom. The summed E-state index contributed by atoms with van der Waals surface area (Å²) in [6.45, 7) is 0. The number of carbonyl (C=O) groups excluding carboxylic acids is 1. The third-order valence-electron chi connectivity index (χ3n) is 4.33. The van der Waals surface area contributed by atoms with E-state index in [-0.39, 0.29) is 5.91 Å². The Balaban J connectivity index is 1.44. The minimum absolute atomic E-state index is 0.172. The molecule has 1 aromatic heterocycles. The molecule has 1 aliphatic rings. The monoisotopic (exact) mass is 426 g/mol. The van der Waals surface area contributed by atoms with Crippen molar-refractivity contribution in [3.63, 3.8) is 0 Å². The maximum absolute atomic E-state index is 12.3. The van der Waals surface area contributed by atoms with Gasteiger partial charge in [-0.05, 0) is 59.9 Å². The third-order valence-corrected chi connectivity index (χ3v) is 7.58. The Bertz CT molecular complexity index is 1030. The molecule has 0 bridgehead atoms. The minimum Gasteiger partial charge on any atom is -0.323 e. The van der Waals surface area contributed by atoms with Gasteiger partial charge in [0, 0.05) is 22.2 Å². The van der Waals surface area contributed by atoms with Crippen LogP contribution in [-0.4, -0.2) is 22.4 Å².